The van der Waals surface area contributed by atoms with Gasteiger partial charge < -0.3 is 5.11 Å². The highest BCUT2D eigenvalue weighted by molar-refractivity contribution is 7.91. The summed E-state index contributed by atoms with van der Waals surface area (Å²) in [6.07, 6.45) is 0.407. The van der Waals surface area contributed by atoms with Crippen LogP contribution in [-0.2, 0) is 9.84 Å². The van der Waals surface area contributed by atoms with Gasteiger partial charge in [-0.25, -0.2) is 8.42 Å². The van der Waals surface area contributed by atoms with Crippen LogP contribution in [0.4, 0.5) is 0 Å². The summed E-state index contributed by atoms with van der Waals surface area (Å²) in [5, 5.41) is 9.90. The summed E-state index contributed by atoms with van der Waals surface area (Å²) >= 11 is 5.73. The van der Waals surface area contributed by atoms with Gasteiger partial charge >= 0.3 is 0 Å². The van der Waals surface area contributed by atoms with Crippen LogP contribution >= 0.6 is 11.6 Å². The molecule has 0 radical (unpaired) electrons. The van der Waals surface area contributed by atoms with E-state index in [-0.39, 0.29) is 11.9 Å². The number of aliphatic hydroxyl groups is 1. The Morgan fingerprint density at radius 2 is 2.00 bits per heavy atom. The smallest absolute Gasteiger partial charge is 0.179 e. The lowest BCUT2D eigenvalue weighted by Crippen LogP contribution is -2.28. The largest absolute Gasteiger partial charge is 0.392 e. The minimum Gasteiger partial charge on any atom is -0.392 e. The fourth-order valence-corrected chi connectivity index (χ4v) is 3.44. The first-order valence-electron chi connectivity index (χ1n) is 5.86. The molecule has 1 aliphatic rings. The Labute approximate surface area is 112 Å². The van der Waals surface area contributed by atoms with Crippen LogP contribution in [0.1, 0.15) is 6.42 Å². The average molecular weight is 290 g/mol. The second-order valence-corrected chi connectivity index (χ2v) is 7.06. The number of halogens is 1. The van der Waals surface area contributed by atoms with Crippen LogP contribution in [0.3, 0.4) is 0 Å². The fraction of sp³-hybridized carbons (Fsp3) is 0.500. The van der Waals surface area contributed by atoms with E-state index in [1.165, 1.54) is 12.1 Å². The monoisotopic (exact) mass is 289 g/mol. The summed E-state index contributed by atoms with van der Waals surface area (Å²) in [6, 6.07) is 6.20. The van der Waals surface area contributed by atoms with E-state index in [0.29, 0.717) is 23.0 Å². The summed E-state index contributed by atoms with van der Waals surface area (Å²) in [5.74, 6) is 0.0708. The van der Waals surface area contributed by atoms with E-state index in [1.807, 2.05) is 4.90 Å². The van der Waals surface area contributed by atoms with Crippen LogP contribution in [0, 0.1) is 0 Å². The Balaban J connectivity index is 1.97. The highest BCUT2D eigenvalue weighted by Gasteiger charge is 2.22. The third kappa shape index (κ3) is 3.45. The molecule has 4 nitrogen and oxygen atoms in total. The summed E-state index contributed by atoms with van der Waals surface area (Å²) in [4.78, 5) is 2.27. The summed E-state index contributed by atoms with van der Waals surface area (Å²) < 4.78 is 24.1. The van der Waals surface area contributed by atoms with Crippen molar-refractivity contribution in [1.29, 1.82) is 0 Å². The van der Waals surface area contributed by atoms with Crippen LogP contribution in [0.2, 0.25) is 5.02 Å². The Morgan fingerprint density at radius 1 is 1.33 bits per heavy atom. The van der Waals surface area contributed by atoms with Gasteiger partial charge in [-0.3, -0.25) is 4.90 Å². The molecule has 1 aliphatic heterocycles. The Kier molecular flexibility index (Phi) is 4.27. The van der Waals surface area contributed by atoms with Gasteiger partial charge in [0.25, 0.3) is 0 Å². The summed E-state index contributed by atoms with van der Waals surface area (Å²) in [6.45, 7) is 1.79. The van der Waals surface area contributed by atoms with Crippen molar-refractivity contribution in [3.8, 4) is 0 Å². The number of likely N-dealkylation sites (tertiary alicyclic amines) is 1. The summed E-state index contributed by atoms with van der Waals surface area (Å²) in [5.41, 5.74) is 0. The van der Waals surface area contributed by atoms with Gasteiger partial charge in [0, 0.05) is 24.7 Å². The molecule has 1 aromatic rings. The highest BCUT2D eigenvalue weighted by atomic mass is 35.5. The van der Waals surface area contributed by atoms with Crippen LogP contribution in [0.25, 0.3) is 0 Å². The fourth-order valence-electron chi connectivity index (χ4n) is 2.02. The third-order valence-corrected chi connectivity index (χ3v) is 5.06. The van der Waals surface area contributed by atoms with Crippen molar-refractivity contribution in [2.24, 2.45) is 0 Å². The second-order valence-electron chi connectivity index (χ2n) is 4.52. The van der Waals surface area contributed by atoms with Gasteiger partial charge in [0.2, 0.25) is 0 Å². The first-order chi connectivity index (χ1) is 8.47. The van der Waals surface area contributed by atoms with E-state index >= 15 is 0 Å². The zero-order chi connectivity index (χ0) is 13.2. The standard InChI is InChI=1S/C12H16ClNO3S/c13-10-1-3-12(4-2-10)18(16,17)8-7-14-6-5-11(15)9-14/h1-4,11,15H,5-9H2. The van der Waals surface area contributed by atoms with Gasteiger partial charge in [-0.1, -0.05) is 11.6 Å². The zero-order valence-electron chi connectivity index (χ0n) is 9.92. The molecule has 1 atom stereocenters. The number of aliphatic hydroxyl groups excluding tert-OH is 1. The minimum absolute atomic E-state index is 0.0708. The number of nitrogens with zero attached hydrogens (tertiary/aromatic N) is 1. The molecule has 1 N–H and O–H groups in total. The lowest BCUT2D eigenvalue weighted by Gasteiger charge is -2.14. The van der Waals surface area contributed by atoms with E-state index in [0.717, 1.165) is 13.0 Å². The van der Waals surface area contributed by atoms with E-state index in [9.17, 15) is 13.5 Å². The molecule has 2 rings (SSSR count). The van der Waals surface area contributed by atoms with Crippen molar-refractivity contribution in [3.63, 3.8) is 0 Å². The molecule has 1 unspecified atom stereocenters. The van der Waals surface area contributed by atoms with Crippen molar-refractivity contribution in [2.45, 2.75) is 17.4 Å². The number of sulfone groups is 1. The molecule has 6 heteroatoms. The minimum atomic E-state index is -3.26. The van der Waals surface area contributed by atoms with Crippen molar-refractivity contribution in [2.75, 3.05) is 25.4 Å². The van der Waals surface area contributed by atoms with E-state index in [2.05, 4.69) is 0 Å². The Morgan fingerprint density at radius 3 is 2.56 bits per heavy atom. The van der Waals surface area contributed by atoms with Gasteiger partial charge in [-0.2, -0.15) is 0 Å². The quantitative estimate of drug-likeness (QED) is 0.904. The van der Waals surface area contributed by atoms with Gasteiger partial charge in [-0.05, 0) is 30.7 Å². The summed E-state index contributed by atoms with van der Waals surface area (Å²) in [7, 11) is -3.26. The van der Waals surface area contributed by atoms with Gasteiger partial charge in [0.15, 0.2) is 9.84 Å². The van der Waals surface area contributed by atoms with Crippen molar-refractivity contribution >= 4 is 21.4 Å². The molecule has 0 spiro atoms. The maximum Gasteiger partial charge on any atom is 0.179 e. The molecule has 1 saturated heterocycles. The molecule has 0 aliphatic carbocycles. The lowest BCUT2D eigenvalue weighted by atomic mass is 10.3. The predicted molar refractivity (Wildman–Crippen MR) is 70.6 cm³/mol. The number of benzene rings is 1. The molecule has 0 bridgehead atoms. The van der Waals surface area contributed by atoms with Crippen molar-refractivity contribution in [1.82, 2.24) is 4.90 Å². The molecular weight excluding hydrogens is 274 g/mol. The molecular formula is C12H16ClNO3S. The first kappa shape index (κ1) is 13.8. The van der Waals surface area contributed by atoms with E-state index in [4.69, 9.17) is 11.6 Å². The number of hydrogen-bond acceptors (Lipinski definition) is 4. The molecule has 100 valence electrons. The Bertz CT molecular complexity index is 501. The number of rotatable bonds is 4. The molecule has 0 saturated carbocycles. The normalized spacial score (nSPS) is 21.3. The van der Waals surface area contributed by atoms with E-state index < -0.39 is 9.84 Å². The molecule has 0 amide bonds. The third-order valence-electron chi connectivity index (χ3n) is 3.10. The van der Waals surface area contributed by atoms with Crippen molar-refractivity contribution < 1.29 is 13.5 Å². The molecule has 18 heavy (non-hydrogen) atoms. The van der Waals surface area contributed by atoms with Crippen LogP contribution in [0.5, 0.6) is 0 Å². The van der Waals surface area contributed by atoms with Crippen LogP contribution < -0.4 is 0 Å². The van der Waals surface area contributed by atoms with Crippen molar-refractivity contribution in [3.05, 3.63) is 29.3 Å². The predicted octanol–water partition coefficient (Wildman–Crippen LogP) is 1.18. The SMILES string of the molecule is O=S(=O)(CCN1CCC(O)C1)c1ccc(Cl)cc1. The average Bonchev–Trinajstić information content (AvgIpc) is 2.73. The van der Waals surface area contributed by atoms with E-state index in [1.54, 1.807) is 12.1 Å². The lowest BCUT2D eigenvalue weighted by molar-refractivity contribution is 0.178. The highest BCUT2D eigenvalue weighted by Crippen LogP contribution is 2.16. The molecule has 1 heterocycles. The maximum atomic E-state index is 12.0. The van der Waals surface area contributed by atoms with Gasteiger partial charge in [-0.15, -0.1) is 0 Å². The Hall–Kier alpha value is -0.620. The molecule has 0 aromatic heterocycles. The molecule has 1 aromatic carbocycles. The maximum absolute atomic E-state index is 12.0. The second kappa shape index (κ2) is 5.57. The number of β-amino-alcohol motifs (C(OH)–C–C–N with tert-alkyl or cyclic N) is 1. The zero-order valence-corrected chi connectivity index (χ0v) is 11.5. The topological polar surface area (TPSA) is 57.6 Å². The van der Waals surface area contributed by atoms with Crippen LogP contribution in [0.15, 0.2) is 29.2 Å². The number of hydrogen-bond donors (Lipinski definition) is 1. The first-order valence-corrected chi connectivity index (χ1v) is 7.89. The van der Waals surface area contributed by atoms with Gasteiger partial charge in [0.05, 0.1) is 16.8 Å². The van der Waals surface area contributed by atoms with Crippen LogP contribution in [-0.4, -0.2) is 49.9 Å². The van der Waals surface area contributed by atoms with Gasteiger partial charge in [0.1, 0.15) is 0 Å². The molecule has 1 fully saturated rings.